The lowest BCUT2D eigenvalue weighted by atomic mass is 9.92. The molecule has 256 valence electrons. The van der Waals surface area contributed by atoms with Gasteiger partial charge in [0.1, 0.15) is 0 Å². The molecule has 7 N–H and O–H groups in total. The Morgan fingerprint density at radius 3 is 1.16 bits per heavy atom. The van der Waals surface area contributed by atoms with Crippen LogP contribution in [0, 0.1) is 5.41 Å². The molecule has 0 aromatic rings. The van der Waals surface area contributed by atoms with Crippen molar-refractivity contribution in [1.82, 2.24) is 16.0 Å². The molecule has 0 aromatic heterocycles. The second kappa shape index (κ2) is 25.0. The molecule has 0 aliphatic heterocycles. The lowest BCUT2D eigenvalue weighted by Crippen LogP contribution is -2.45. The van der Waals surface area contributed by atoms with Crippen LogP contribution in [0.2, 0.25) is 0 Å². The fraction of sp³-hybridized carbons (Fsp3) is 0.600. The maximum Gasteiger partial charge on any atom is 0.243 e. The average molecular weight is 644 g/mol. The van der Waals surface area contributed by atoms with Gasteiger partial charge in [-0.15, -0.1) is 0 Å². The smallest absolute Gasteiger partial charge is 0.243 e. The second-order valence-corrected chi connectivity index (χ2v) is 10.2. The Morgan fingerprint density at radius 1 is 0.556 bits per heavy atom. The third-order valence-electron chi connectivity index (χ3n) is 5.92. The number of carbonyl (C=O) groups is 4. The van der Waals surface area contributed by atoms with E-state index in [9.17, 15) is 39.6 Å². The standard InChI is InChI=1S/C30H49N3O12/c1-5-22(34)9-10-23(35)14-42-18-30(19-43-15-24(36)11-31-27(39)6-2,20-44-16-25(37)12-32-28(40)7-3)21-45-17-26(38)13-33-29(41)8-4/h5-8,23-26,35-38H,1-4,9-21H2,(H,31,39)(H,32,40)(H,33,41). The summed E-state index contributed by atoms with van der Waals surface area (Å²) in [4.78, 5) is 45.7. The third kappa shape index (κ3) is 22.0. The van der Waals surface area contributed by atoms with Crippen molar-refractivity contribution >= 4 is 23.5 Å². The monoisotopic (exact) mass is 643 g/mol. The molecule has 0 radical (unpaired) electrons. The Hall–Kier alpha value is -3.28. The molecule has 4 atom stereocenters. The van der Waals surface area contributed by atoms with Crippen LogP contribution in [0.25, 0.3) is 0 Å². The van der Waals surface area contributed by atoms with E-state index in [4.69, 9.17) is 18.9 Å². The molecule has 15 heteroatoms. The molecule has 0 spiro atoms. The molecule has 0 rings (SSSR count). The van der Waals surface area contributed by atoms with Crippen molar-refractivity contribution in [1.29, 1.82) is 0 Å². The zero-order valence-corrected chi connectivity index (χ0v) is 25.7. The van der Waals surface area contributed by atoms with Crippen molar-refractivity contribution in [3.63, 3.8) is 0 Å². The molecule has 45 heavy (non-hydrogen) atoms. The summed E-state index contributed by atoms with van der Waals surface area (Å²) < 4.78 is 23.0. The van der Waals surface area contributed by atoms with E-state index in [0.717, 1.165) is 24.3 Å². The first-order valence-electron chi connectivity index (χ1n) is 14.3. The lowest BCUT2D eigenvalue weighted by molar-refractivity contribution is -0.132. The highest BCUT2D eigenvalue weighted by molar-refractivity contribution is 5.89. The predicted molar refractivity (Wildman–Crippen MR) is 164 cm³/mol. The average Bonchev–Trinajstić information content (AvgIpc) is 3.03. The number of hydrogen-bond donors (Lipinski definition) is 7. The number of ketones is 1. The quantitative estimate of drug-likeness (QED) is 0.0437. The molecular formula is C30H49N3O12. The SMILES string of the molecule is C=CC(=O)CCC(O)COCC(COCC(O)CNC(=O)C=C)(COCC(O)CNC(=O)C=C)COCC(O)CNC(=O)C=C. The van der Waals surface area contributed by atoms with Crippen molar-refractivity contribution in [2.24, 2.45) is 5.41 Å². The van der Waals surface area contributed by atoms with Crippen molar-refractivity contribution < 1.29 is 58.6 Å². The molecule has 0 bridgehead atoms. The van der Waals surface area contributed by atoms with Crippen molar-refractivity contribution in [2.45, 2.75) is 37.3 Å². The van der Waals surface area contributed by atoms with Crippen LogP contribution in [0.5, 0.6) is 0 Å². The molecule has 0 saturated carbocycles. The van der Waals surface area contributed by atoms with Gasteiger partial charge in [0.25, 0.3) is 0 Å². The summed E-state index contributed by atoms with van der Waals surface area (Å²) >= 11 is 0. The fourth-order valence-electron chi connectivity index (χ4n) is 3.44. The molecule has 0 aliphatic rings. The number of amides is 3. The maximum atomic E-state index is 11.5. The third-order valence-corrected chi connectivity index (χ3v) is 5.92. The molecule has 0 aromatic carbocycles. The van der Waals surface area contributed by atoms with Gasteiger partial charge in [0.2, 0.25) is 17.7 Å². The topological polar surface area (TPSA) is 222 Å². The summed E-state index contributed by atoms with van der Waals surface area (Å²) in [6, 6.07) is 0. The largest absolute Gasteiger partial charge is 0.391 e. The van der Waals surface area contributed by atoms with Gasteiger partial charge in [0, 0.05) is 26.1 Å². The first-order valence-corrected chi connectivity index (χ1v) is 14.3. The normalized spacial score (nSPS) is 14.9. The number of nitrogens with one attached hydrogen (secondary N) is 3. The number of aliphatic hydroxyl groups excluding tert-OH is 4. The van der Waals surface area contributed by atoms with Crippen LogP contribution in [0.1, 0.15) is 12.8 Å². The Labute approximate surface area is 263 Å². The van der Waals surface area contributed by atoms with Gasteiger partial charge in [-0.05, 0) is 30.7 Å². The maximum absolute atomic E-state index is 11.5. The van der Waals surface area contributed by atoms with Crippen molar-refractivity contribution in [3.05, 3.63) is 50.6 Å². The lowest BCUT2D eigenvalue weighted by Gasteiger charge is -2.34. The van der Waals surface area contributed by atoms with Gasteiger partial charge in [-0.1, -0.05) is 26.3 Å². The van der Waals surface area contributed by atoms with E-state index in [1.165, 1.54) is 0 Å². The zero-order chi connectivity index (χ0) is 34.1. The molecule has 0 aliphatic carbocycles. The summed E-state index contributed by atoms with van der Waals surface area (Å²) in [5.74, 6) is -1.65. The van der Waals surface area contributed by atoms with E-state index in [1.807, 2.05) is 0 Å². The Bertz CT molecular complexity index is 796. The minimum absolute atomic E-state index is 0.0787. The molecule has 0 saturated heterocycles. The molecule has 3 amide bonds. The number of rotatable bonds is 29. The van der Waals surface area contributed by atoms with Crippen LogP contribution >= 0.6 is 0 Å². The minimum Gasteiger partial charge on any atom is -0.391 e. The molecule has 0 fully saturated rings. The molecular weight excluding hydrogens is 594 g/mol. The summed E-state index contributed by atoms with van der Waals surface area (Å²) in [6.07, 6.45) is 0.330. The van der Waals surface area contributed by atoms with Crippen molar-refractivity contribution in [3.8, 4) is 0 Å². The Morgan fingerprint density at radius 2 is 0.867 bits per heavy atom. The highest BCUT2D eigenvalue weighted by Gasteiger charge is 2.34. The number of ether oxygens (including phenoxy) is 4. The van der Waals surface area contributed by atoms with Gasteiger partial charge in [-0.25, -0.2) is 0 Å². The highest BCUT2D eigenvalue weighted by Crippen LogP contribution is 2.22. The minimum atomic E-state index is -1.13. The van der Waals surface area contributed by atoms with Crippen LogP contribution in [0.4, 0.5) is 0 Å². The van der Waals surface area contributed by atoms with E-state index in [2.05, 4.69) is 42.3 Å². The molecule has 0 heterocycles. The number of hydrogen-bond acceptors (Lipinski definition) is 12. The van der Waals surface area contributed by atoms with Gasteiger partial charge in [-0.3, -0.25) is 19.2 Å². The Balaban J connectivity index is 5.59. The van der Waals surface area contributed by atoms with Crippen LogP contribution < -0.4 is 16.0 Å². The zero-order valence-electron chi connectivity index (χ0n) is 25.7. The van der Waals surface area contributed by atoms with Gasteiger partial charge in [0.05, 0.1) is 82.7 Å². The summed E-state index contributed by atoms with van der Waals surface area (Å²) in [5.41, 5.74) is -1.13. The highest BCUT2D eigenvalue weighted by atomic mass is 16.5. The van der Waals surface area contributed by atoms with Crippen LogP contribution in [-0.4, -0.2) is 141 Å². The first kappa shape index (κ1) is 41.7. The Kier molecular flexibility index (Phi) is 23.2. The van der Waals surface area contributed by atoms with Crippen molar-refractivity contribution in [2.75, 3.05) is 72.5 Å². The van der Waals surface area contributed by atoms with E-state index in [1.54, 1.807) is 0 Å². The van der Waals surface area contributed by atoms with Crippen LogP contribution in [0.15, 0.2) is 50.6 Å². The predicted octanol–water partition coefficient (Wildman–Crippen LogP) is -2.08. The number of allylic oxidation sites excluding steroid dienone is 1. The van der Waals surface area contributed by atoms with E-state index < -0.39 is 47.6 Å². The van der Waals surface area contributed by atoms with Crippen LogP contribution in [-0.2, 0) is 38.1 Å². The van der Waals surface area contributed by atoms with E-state index in [-0.39, 0.29) is 91.1 Å². The second-order valence-electron chi connectivity index (χ2n) is 10.2. The van der Waals surface area contributed by atoms with Crippen LogP contribution in [0.3, 0.4) is 0 Å². The van der Waals surface area contributed by atoms with E-state index in [0.29, 0.717) is 0 Å². The van der Waals surface area contributed by atoms with Gasteiger partial charge in [0.15, 0.2) is 5.78 Å². The first-order chi connectivity index (χ1) is 21.4. The summed E-state index contributed by atoms with van der Waals surface area (Å²) in [6.45, 7) is 11.7. The van der Waals surface area contributed by atoms with E-state index >= 15 is 0 Å². The van der Waals surface area contributed by atoms with Gasteiger partial charge < -0.3 is 55.3 Å². The molecule has 15 nitrogen and oxygen atoms in total. The number of aliphatic hydroxyl groups is 4. The fourth-order valence-corrected chi connectivity index (χ4v) is 3.44. The van der Waals surface area contributed by atoms with Gasteiger partial charge in [-0.2, -0.15) is 0 Å². The van der Waals surface area contributed by atoms with Gasteiger partial charge >= 0.3 is 0 Å². The summed E-state index contributed by atoms with van der Waals surface area (Å²) in [5, 5.41) is 48.3. The summed E-state index contributed by atoms with van der Waals surface area (Å²) in [7, 11) is 0. The molecule has 4 unspecified atom stereocenters. The number of carbonyl (C=O) groups excluding carboxylic acids is 4.